The minimum Gasteiger partial charge on any atom is -0.507 e. The number of hydrogen-bond donors (Lipinski definition) is 1. The number of piperazine rings is 1. The lowest BCUT2D eigenvalue weighted by atomic mass is 10.1. The largest absolute Gasteiger partial charge is 0.507 e. The minimum absolute atomic E-state index is 0.0376. The zero-order chi connectivity index (χ0) is 27.6. The van der Waals surface area contributed by atoms with E-state index in [4.69, 9.17) is 21.3 Å². The highest BCUT2D eigenvalue weighted by atomic mass is 35.5. The van der Waals surface area contributed by atoms with Crippen molar-refractivity contribution in [2.24, 2.45) is 7.05 Å². The number of rotatable bonds is 3. The van der Waals surface area contributed by atoms with Crippen LogP contribution in [0.3, 0.4) is 0 Å². The van der Waals surface area contributed by atoms with E-state index in [2.05, 4.69) is 11.7 Å². The summed E-state index contributed by atoms with van der Waals surface area (Å²) >= 11 is 6.79. The predicted octanol–water partition coefficient (Wildman–Crippen LogP) is 3.46. The van der Waals surface area contributed by atoms with Crippen molar-refractivity contribution in [2.75, 3.05) is 26.2 Å². The predicted molar refractivity (Wildman–Crippen MR) is 142 cm³/mol. The second-order valence-corrected chi connectivity index (χ2v) is 9.92. The molecule has 0 spiro atoms. The van der Waals surface area contributed by atoms with Crippen LogP contribution in [0.5, 0.6) is 11.5 Å². The van der Waals surface area contributed by atoms with Gasteiger partial charge in [-0.05, 0) is 25.1 Å². The molecule has 0 saturated carbocycles. The smallest absolute Gasteiger partial charge is 0.261 e. The van der Waals surface area contributed by atoms with Gasteiger partial charge in [-0.2, -0.15) is 5.10 Å². The molecule has 1 aromatic carbocycles. The van der Waals surface area contributed by atoms with Crippen LogP contribution in [-0.4, -0.2) is 78.3 Å². The Hall–Kier alpha value is -4.38. The van der Waals surface area contributed by atoms with Crippen molar-refractivity contribution in [3.63, 3.8) is 0 Å². The fourth-order valence-corrected chi connectivity index (χ4v) is 5.60. The number of halogens is 2. The van der Waals surface area contributed by atoms with Crippen LogP contribution in [-0.2, 0) is 11.8 Å². The fourth-order valence-electron chi connectivity index (χ4n) is 5.31. The second kappa shape index (κ2) is 9.12. The van der Waals surface area contributed by atoms with E-state index in [1.54, 1.807) is 38.5 Å². The third-order valence-electron chi connectivity index (χ3n) is 7.38. The van der Waals surface area contributed by atoms with Crippen LogP contribution in [0.25, 0.3) is 28.0 Å². The van der Waals surface area contributed by atoms with Gasteiger partial charge in [0.1, 0.15) is 34.5 Å². The van der Waals surface area contributed by atoms with Crippen LogP contribution in [0.2, 0.25) is 5.02 Å². The molecular formula is C27H24ClFN6O4. The number of aromatic nitrogens is 4. The summed E-state index contributed by atoms with van der Waals surface area (Å²) in [4.78, 5) is 34.4. The maximum Gasteiger partial charge on any atom is 0.261 e. The number of carbonyl (C=O) groups excluding carboxylic acids is 2. The number of aryl methyl sites for hydroxylation is 2. The molecule has 5 heterocycles. The zero-order valence-electron chi connectivity index (χ0n) is 21.2. The molecule has 6 rings (SSSR count). The SMILES string of the molecule is C=CC(=O)N1CCN2C(=O)c3c(-n4cc5c(cnn5C)c4C)nc(-c4c(O)cccc4F)c(Cl)c3OC[C@H]2C1. The van der Waals surface area contributed by atoms with Gasteiger partial charge in [-0.3, -0.25) is 14.3 Å². The number of pyridine rings is 1. The summed E-state index contributed by atoms with van der Waals surface area (Å²) in [5.74, 6) is -1.48. The van der Waals surface area contributed by atoms with Gasteiger partial charge in [0.05, 0.1) is 23.3 Å². The van der Waals surface area contributed by atoms with Crippen molar-refractivity contribution < 1.29 is 23.8 Å². The molecular weight excluding hydrogens is 527 g/mol. The number of carbonyl (C=O) groups is 2. The number of nitrogens with zero attached hydrogens (tertiary/aromatic N) is 6. The number of ether oxygens (including phenoxy) is 1. The summed E-state index contributed by atoms with van der Waals surface area (Å²) in [7, 11) is 1.80. The summed E-state index contributed by atoms with van der Waals surface area (Å²) in [6, 6.07) is 3.44. The standard InChI is InChI=1S/C27H24ClFN6O4/c1-4-20(37)33-8-9-34-15(11-33)13-39-25-22(27(34)38)26(35-12-18-16(14(35)2)10-30-32(18)3)31-24(23(25)28)21-17(29)6-5-7-19(21)36/h4-7,10,12,15,36H,1,8-9,11,13H2,2-3H3/t15-/m1/s1. The number of benzene rings is 1. The van der Waals surface area contributed by atoms with Gasteiger partial charge in [0.25, 0.3) is 5.91 Å². The van der Waals surface area contributed by atoms with Gasteiger partial charge in [-0.25, -0.2) is 9.37 Å². The van der Waals surface area contributed by atoms with Gasteiger partial charge in [0.2, 0.25) is 5.91 Å². The quantitative estimate of drug-likeness (QED) is 0.392. The van der Waals surface area contributed by atoms with Crippen molar-refractivity contribution in [1.82, 2.24) is 29.1 Å². The van der Waals surface area contributed by atoms with E-state index in [-0.39, 0.29) is 70.7 Å². The Morgan fingerprint density at radius 2 is 2.10 bits per heavy atom. The molecule has 39 heavy (non-hydrogen) atoms. The average Bonchev–Trinajstić information content (AvgIpc) is 3.41. The van der Waals surface area contributed by atoms with Crippen LogP contribution >= 0.6 is 11.6 Å². The highest BCUT2D eigenvalue weighted by molar-refractivity contribution is 6.35. The van der Waals surface area contributed by atoms with E-state index in [1.165, 1.54) is 24.3 Å². The first kappa shape index (κ1) is 24.9. The van der Waals surface area contributed by atoms with Crippen molar-refractivity contribution in [2.45, 2.75) is 13.0 Å². The first-order chi connectivity index (χ1) is 18.7. The molecule has 0 radical (unpaired) electrons. The van der Waals surface area contributed by atoms with Gasteiger partial charge in [0.15, 0.2) is 11.6 Å². The van der Waals surface area contributed by atoms with E-state index in [9.17, 15) is 14.7 Å². The Kier molecular flexibility index (Phi) is 5.83. The number of amides is 2. The fraction of sp³-hybridized carbons (Fsp3) is 0.259. The first-order valence-electron chi connectivity index (χ1n) is 12.3. The topological polar surface area (TPSA) is 106 Å². The van der Waals surface area contributed by atoms with Crippen molar-refractivity contribution >= 4 is 34.3 Å². The lowest BCUT2D eigenvalue weighted by Gasteiger charge is -2.39. The van der Waals surface area contributed by atoms with E-state index < -0.39 is 11.9 Å². The van der Waals surface area contributed by atoms with Crippen LogP contribution in [0.4, 0.5) is 4.39 Å². The molecule has 0 bridgehead atoms. The molecule has 1 N–H and O–H groups in total. The number of fused-ring (bicyclic) bond motifs is 3. The van der Waals surface area contributed by atoms with Crippen LogP contribution in [0.15, 0.2) is 43.2 Å². The molecule has 2 amide bonds. The molecule has 0 unspecified atom stereocenters. The Morgan fingerprint density at radius 3 is 2.82 bits per heavy atom. The van der Waals surface area contributed by atoms with Gasteiger partial charge in [-0.15, -0.1) is 0 Å². The Balaban J connectivity index is 1.59. The molecule has 4 aromatic rings. The third kappa shape index (κ3) is 3.75. The summed E-state index contributed by atoms with van der Waals surface area (Å²) < 4.78 is 24.6. The molecule has 1 saturated heterocycles. The minimum atomic E-state index is -0.732. The lowest BCUT2D eigenvalue weighted by Crippen LogP contribution is -2.57. The molecule has 200 valence electrons. The number of phenols is 1. The van der Waals surface area contributed by atoms with Crippen molar-refractivity contribution in [1.29, 1.82) is 0 Å². The second-order valence-electron chi connectivity index (χ2n) is 9.54. The Bertz CT molecular complexity index is 1680. The monoisotopic (exact) mass is 550 g/mol. The zero-order valence-corrected chi connectivity index (χ0v) is 21.9. The van der Waals surface area contributed by atoms with Crippen molar-refractivity contribution in [3.05, 3.63) is 65.3 Å². The first-order valence-corrected chi connectivity index (χ1v) is 12.7. The molecule has 2 aliphatic rings. The maximum absolute atomic E-state index is 15.0. The Labute approximate surface area is 227 Å². The van der Waals surface area contributed by atoms with E-state index in [0.717, 1.165) is 16.6 Å². The highest BCUT2D eigenvalue weighted by Crippen LogP contribution is 2.45. The van der Waals surface area contributed by atoms with E-state index in [0.29, 0.717) is 6.54 Å². The van der Waals surface area contributed by atoms with E-state index >= 15 is 4.39 Å². The lowest BCUT2D eigenvalue weighted by molar-refractivity contribution is -0.128. The molecule has 10 nitrogen and oxygen atoms in total. The summed E-state index contributed by atoms with van der Waals surface area (Å²) in [5, 5.41) is 15.6. The molecule has 12 heteroatoms. The third-order valence-corrected chi connectivity index (χ3v) is 7.73. The average molecular weight is 551 g/mol. The van der Waals surface area contributed by atoms with E-state index in [1.807, 2.05) is 6.92 Å². The summed E-state index contributed by atoms with van der Waals surface area (Å²) in [6.07, 6.45) is 4.74. The maximum atomic E-state index is 15.0. The van der Waals surface area contributed by atoms with Gasteiger partial charge in [-0.1, -0.05) is 24.2 Å². The van der Waals surface area contributed by atoms with Gasteiger partial charge < -0.3 is 24.2 Å². The highest BCUT2D eigenvalue weighted by Gasteiger charge is 2.40. The number of aromatic hydroxyl groups is 1. The van der Waals surface area contributed by atoms with Gasteiger partial charge in [0, 0.05) is 44.0 Å². The normalized spacial score (nSPS) is 17.0. The summed E-state index contributed by atoms with van der Waals surface area (Å²) in [6.45, 7) is 6.32. The molecule has 3 aromatic heterocycles. The number of phenolic OH excluding ortho intramolecular Hbond substituents is 1. The molecule has 2 aliphatic heterocycles. The van der Waals surface area contributed by atoms with Gasteiger partial charge >= 0.3 is 0 Å². The van der Waals surface area contributed by atoms with Crippen molar-refractivity contribution in [3.8, 4) is 28.6 Å². The van der Waals surface area contributed by atoms with Crippen LogP contribution < -0.4 is 4.74 Å². The molecule has 1 atom stereocenters. The molecule has 0 aliphatic carbocycles. The van der Waals surface area contributed by atoms with Crippen LogP contribution in [0, 0.1) is 12.7 Å². The summed E-state index contributed by atoms with van der Waals surface area (Å²) in [5.41, 5.74) is 1.39. The number of hydrogen-bond acceptors (Lipinski definition) is 6. The Morgan fingerprint density at radius 1 is 1.31 bits per heavy atom. The molecule has 1 fully saturated rings. The van der Waals surface area contributed by atoms with Crippen LogP contribution in [0.1, 0.15) is 16.1 Å².